The molecule has 0 unspecified atom stereocenters. The van der Waals surface area contributed by atoms with E-state index in [0.29, 0.717) is 0 Å². The molecule has 4 aromatic rings. The number of fused-ring (bicyclic) bond motifs is 4. The second kappa shape index (κ2) is 6.69. The van der Waals surface area contributed by atoms with E-state index >= 15 is 0 Å². The summed E-state index contributed by atoms with van der Waals surface area (Å²) in [6, 6.07) is 19.2. The first-order valence-electron chi connectivity index (χ1n) is 10.0. The molecule has 1 N–H and O–H groups in total. The van der Waals surface area contributed by atoms with E-state index < -0.39 is 0 Å². The molecular weight excluding hydrogens is 344 g/mol. The maximum Gasteiger partial charge on any atom is 0.157 e. The van der Waals surface area contributed by atoms with Crippen LogP contribution in [-0.2, 0) is 19.3 Å². The van der Waals surface area contributed by atoms with Gasteiger partial charge in [-0.2, -0.15) is 5.26 Å². The monoisotopic (exact) mass is 366 g/mol. The Balaban J connectivity index is 1.81. The fourth-order valence-corrected chi connectivity index (χ4v) is 4.34. The summed E-state index contributed by atoms with van der Waals surface area (Å²) in [4.78, 5) is 4.82. The number of nitriles is 1. The molecule has 0 fully saturated rings. The number of rotatable bonds is 3. The highest BCUT2D eigenvalue weighted by Gasteiger charge is 2.24. The third-order valence-electron chi connectivity index (χ3n) is 5.80. The van der Waals surface area contributed by atoms with E-state index in [-0.39, 0.29) is 0 Å². The van der Waals surface area contributed by atoms with Gasteiger partial charge < -0.3 is 5.32 Å². The predicted octanol–water partition coefficient (Wildman–Crippen LogP) is 5.54. The van der Waals surface area contributed by atoms with Gasteiger partial charge in [-0.05, 0) is 73.1 Å². The van der Waals surface area contributed by atoms with Gasteiger partial charge in [-0.3, -0.25) is 4.40 Å². The van der Waals surface area contributed by atoms with E-state index in [1.807, 2.05) is 18.2 Å². The zero-order chi connectivity index (χ0) is 19.1. The SMILES string of the molecule is CCc1ccc(Nc2c3c(c(C#N)c4nc5ccccc5n24)CCCC3)cc1. The molecule has 1 aliphatic rings. The Labute approximate surface area is 164 Å². The highest BCUT2D eigenvalue weighted by molar-refractivity contribution is 5.87. The van der Waals surface area contributed by atoms with Gasteiger partial charge in [0.2, 0.25) is 0 Å². The summed E-state index contributed by atoms with van der Waals surface area (Å²) in [6.45, 7) is 2.17. The molecule has 4 nitrogen and oxygen atoms in total. The maximum absolute atomic E-state index is 9.93. The van der Waals surface area contributed by atoms with Crippen molar-refractivity contribution in [3.05, 3.63) is 70.8 Å². The molecule has 1 aliphatic carbocycles. The summed E-state index contributed by atoms with van der Waals surface area (Å²) in [5, 5.41) is 13.6. The molecule has 2 heterocycles. The molecule has 2 aromatic heterocycles. The lowest BCUT2D eigenvalue weighted by atomic mass is 9.89. The second-order valence-corrected chi connectivity index (χ2v) is 7.43. The average molecular weight is 366 g/mol. The Morgan fingerprint density at radius 1 is 1.04 bits per heavy atom. The van der Waals surface area contributed by atoms with Crippen molar-refractivity contribution in [3.8, 4) is 6.07 Å². The number of aromatic nitrogens is 2. The molecule has 0 atom stereocenters. The van der Waals surface area contributed by atoms with Gasteiger partial charge in [0.25, 0.3) is 0 Å². The lowest BCUT2D eigenvalue weighted by Gasteiger charge is -2.23. The van der Waals surface area contributed by atoms with E-state index in [1.54, 1.807) is 0 Å². The van der Waals surface area contributed by atoms with Crippen LogP contribution in [0, 0.1) is 11.3 Å². The highest BCUT2D eigenvalue weighted by Crippen LogP contribution is 2.36. The molecule has 0 aliphatic heterocycles. The van der Waals surface area contributed by atoms with Crippen molar-refractivity contribution >= 4 is 28.2 Å². The standard InChI is InChI=1S/C24H22N4/c1-2-16-11-13-17(14-12-16)26-23-19-8-4-3-7-18(19)20(15-25)24-27-21-9-5-6-10-22(21)28(23)24/h5-6,9-14,26H,2-4,7-8H2,1H3. The van der Waals surface area contributed by atoms with Gasteiger partial charge in [-0.25, -0.2) is 4.98 Å². The first-order valence-corrected chi connectivity index (χ1v) is 10.0. The Morgan fingerprint density at radius 2 is 1.79 bits per heavy atom. The zero-order valence-electron chi connectivity index (χ0n) is 16.0. The summed E-state index contributed by atoms with van der Waals surface area (Å²) < 4.78 is 2.14. The normalized spacial score (nSPS) is 13.4. The molecule has 138 valence electrons. The number of hydrogen-bond acceptors (Lipinski definition) is 3. The van der Waals surface area contributed by atoms with Gasteiger partial charge in [0.1, 0.15) is 11.9 Å². The molecule has 0 amide bonds. The summed E-state index contributed by atoms with van der Waals surface area (Å²) in [5.41, 5.74) is 8.28. The lowest BCUT2D eigenvalue weighted by Crippen LogP contribution is -2.13. The van der Waals surface area contributed by atoms with E-state index in [2.05, 4.69) is 53.0 Å². The van der Waals surface area contributed by atoms with Crippen LogP contribution in [0.15, 0.2) is 48.5 Å². The fourth-order valence-electron chi connectivity index (χ4n) is 4.34. The minimum atomic E-state index is 0.734. The Bertz CT molecular complexity index is 1230. The van der Waals surface area contributed by atoms with Crippen LogP contribution in [-0.4, -0.2) is 9.38 Å². The number of pyridine rings is 1. The van der Waals surface area contributed by atoms with E-state index in [9.17, 15) is 5.26 Å². The summed E-state index contributed by atoms with van der Waals surface area (Å²) in [6.07, 6.45) is 5.24. The van der Waals surface area contributed by atoms with Crippen LogP contribution in [0.2, 0.25) is 0 Å². The van der Waals surface area contributed by atoms with Gasteiger partial charge in [0.05, 0.1) is 16.6 Å². The van der Waals surface area contributed by atoms with Gasteiger partial charge in [-0.15, -0.1) is 0 Å². The van der Waals surface area contributed by atoms with Gasteiger partial charge in [0.15, 0.2) is 5.65 Å². The van der Waals surface area contributed by atoms with Gasteiger partial charge in [0, 0.05) is 5.69 Å². The van der Waals surface area contributed by atoms with Crippen molar-refractivity contribution in [2.75, 3.05) is 5.32 Å². The minimum Gasteiger partial charge on any atom is -0.341 e. The summed E-state index contributed by atoms with van der Waals surface area (Å²) in [5.74, 6) is 1.06. The molecule has 0 saturated carbocycles. The van der Waals surface area contributed by atoms with Crippen LogP contribution in [0.1, 0.15) is 42.0 Å². The number of hydrogen-bond donors (Lipinski definition) is 1. The third kappa shape index (κ3) is 2.55. The second-order valence-electron chi connectivity index (χ2n) is 7.43. The first-order chi connectivity index (χ1) is 13.8. The highest BCUT2D eigenvalue weighted by atomic mass is 15.1. The van der Waals surface area contributed by atoms with Crippen LogP contribution >= 0.6 is 0 Å². The Morgan fingerprint density at radius 3 is 2.54 bits per heavy atom. The predicted molar refractivity (Wildman–Crippen MR) is 113 cm³/mol. The first kappa shape index (κ1) is 16.8. The Hall–Kier alpha value is -3.32. The topological polar surface area (TPSA) is 53.1 Å². The van der Waals surface area contributed by atoms with Crippen LogP contribution in [0.25, 0.3) is 16.7 Å². The molecule has 0 saturated heterocycles. The molecule has 0 bridgehead atoms. The molecule has 0 spiro atoms. The van der Waals surface area contributed by atoms with Crippen LogP contribution in [0.3, 0.4) is 0 Å². The van der Waals surface area contributed by atoms with Crippen molar-refractivity contribution in [1.29, 1.82) is 5.26 Å². The maximum atomic E-state index is 9.93. The number of para-hydroxylation sites is 2. The summed E-state index contributed by atoms with van der Waals surface area (Å²) >= 11 is 0. The number of nitrogens with one attached hydrogen (secondary N) is 1. The van der Waals surface area contributed by atoms with Crippen molar-refractivity contribution in [1.82, 2.24) is 9.38 Å². The number of nitrogens with zero attached hydrogens (tertiary/aromatic N) is 3. The number of benzene rings is 2. The van der Waals surface area contributed by atoms with Gasteiger partial charge >= 0.3 is 0 Å². The van der Waals surface area contributed by atoms with E-state index in [4.69, 9.17) is 4.98 Å². The molecule has 0 radical (unpaired) electrons. The number of imidazole rings is 1. The quantitative estimate of drug-likeness (QED) is 0.517. The third-order valence-corrected chi connectivity index (χ3v) is 5.80. The van der Waals surface area contributed by atoms with Crippen molar-refractivity contribution in [2.45, 2.75) is 39.0 Å². The van der Waals surface area contributed by atoms with Crippen LogP contribution < -0.4 is 5.32 Å². The van der Waals surface area contributed by atoms with Crippen LogP contribution in [0.5, 0.6) is 0 Å². The largest absolute Gasteiger partial charge is 0.341 e. The average Bonchev–Trinajstić information content (AvgIpc) is 3.13. The molecular formula is C24H22N4. The van der Waals surface area contributed by atoms with E-state index in [1.165, 1.54) is 16.7 Å². The lowest BCUT2D eigenvalue weighted by molar-refractivity contribution is 0.682. The smallest absolute Gasteiger partial charge is 0.157 e. The molecule has 2 aromatic carbocycles. The van der Waals surface area contributed by atoms with Crippen molar-refractivity contribution < 1.29 is 0 Å². The van der Waals surface area contributed by atoms with Crippen molar-refractivity contribution in [3.63, 3.8) is 0 Å². The minimum absolute atomic E-state index is 0.734. The number of aryl methyl sites for hydroxylation is 1. The Kier molecular flexibility index (Phi) is 4.02. The van der Waals surface area contributed by atoms with Crippen LogP contribution in [0.4, 0.5) is 11.5 Å². The zero-order valence-corrected chi connectivity index (χ0v) is 16.0. The van der Waals surface area contributed by atoms with Gasteiger partial charge in [-0.1, -0.05) is 31.2 Å². The molecule has 4 heteroatoms. The summed E-state index contributed by atoms with van der Waals surface area (Å²) in [7, 11) is 0. The number of anilines is 2. The fraction of sp³-hybridized carbons (Fsp3) is 0.250. The van der Waals surface area contributed by atoms with E-state index in [0.717, 1.165) is 65.9 Å². The molecule has 5 rings (SSSR count). The van der Waals surface area contributed by atoms with Crippen molar-refractivity contribution in [2.24, 2.45) is 0 Å². The molecule has 28 heavy (non-hydrogen) atoms.